The molecule has 1 heterocycles. The lowest BCUT2D eigenvalue weighted by Crippen LogP contribution is -2.49. The lowest BCUT2D eigenvalue weighted by molar-refractivity contribution is -0.00721. The second kappa shape index (κ2) is 8.22. The number of hydrogen-bond donors (Lipinski definition) is 1. The molecule has 4 fully saturated rings. The molecule has 0 aliphatic heterocycles. The van der Waals surface area contributed by atoms with Gasteiger partial charge in [-0.2, -0.15) is 10.2 Å². The standard InChI is InChI=1S/C28H28N4O/c33-27(30-23-6-8-25(9-7-23)32-31-24-4-2-1-3-5-24)22-10-11-29-26(15-22)28-16-19-12-20(17-28)14-21(13-19)18-28/h1-11,15,19-21H,12-14,16-18H2,(H,30,33). The number of hydrogen-bond acceptors (Lipinski definition) is 4. The van der Waals surface area contributed by atoms with Crippen LogP contribution in [0.2, 0.25) is 0 Å². The van der Waals surface area contributed by atoms with E-state index in [1.165, 1.54) is 38.5 Å². The smallest absolute Gasteiger partial charge is 0.255 e. The topological polar surface area (TPSA) is 66.7 Å². The molecule has 4 aliphatic carbocycles. The van der Waals surface area contributed by atoms with Crippen LogP contribution in [0.5, 0.6) is 0 Å². The van der Waals surface area contributed by atoms with Crippen molar-refractivity contribution in [1.29, 1.82) is 0 Å². The van der Waals surface area contributed by atoms with Crippen LogP contribution in [0.15, 0.2) is 83.2 Å². The minimum absolute atomic E-state index is 0.0953. The number of carbonyl (C=O) groups is 1. The average molecular weight is 437 g/mol. The van der Waals surface area contributed by atoms with Crippen molar-refractivity contribution in [2.75, 3.05) is 5.32 Å². The number of anilines is 1. The number of benzene rings is 2. The third-order valence-electron chi connectivity index (χ3n) is 7.77. The third kappa shape index (κ3) is 4.08. The predicted octanol–water partition coefficient (Wildman–Crippen LogP) is 7.22. The zero-order chi connectivity index (χ0) is 22.3. The molecule has 0 atom stereocenters. The van der Waals surface area contributed by atoms with Crippen LogP contribution >= 0.6 is 0 Å². The van der Waals surface area contributed by atoms with Crippen molar-refractivity contribution in [3.63, 3.8) is 0 Å². The Balaban J connectivity index is 1.15. The van der Waals surface area contributed by atoms with Crippen molar-refractivity contribution < 1.29 is 4.79 Å². The largest absolute Gasteiger partial charge is 0.322 e. The van der Waals surface area contributed by atoms with E-state index in [0.717, 1.165) is 40.5 Å². The number of amides is 1. The van der Waals surface area contributed by atoms with Gasteiger partial charge in [0, 0.05) is 28.6 Å². The van der Waals surface area contributed by atoms with E-state index >= 15 is 0 Å². The zero-order valence-electron chi connectivity index (χ0n) is 18.7. The van der Waals surface area contributed by atoms with Gasteiger partial charge >= 0.3 is 0 Å². The summed E-state index contributed by atoms with van der Waals surface area (Å²) in [5.74, 6) is 2.47. The number of carbonyl (C=O) groups excluding carboxylic acids is 1. The Bertz CT molecular complexity index is 1150. The highest BCUT2D eigenvalue weighted by Crippen LogP contribution is 2.60. The predicted molar refractivity (Wildman–Crippen MR) is 129 cm³/mol. The summed E-state index contributed by atoms with van der Waals surface area (Å²) in [5.41, 5.74) is 4.30. The van der Waals surface area contributed by atoms with Gasteiger partial charge in [0.25, 0.3) is 5.91 Å². The van der Waals surface area contributed by atoms with Gasteiger partial charge in [-0.25, -0.2) is 0 Å². The van der Waals surface area contributed by atoms with E-state index in [1.807, 2.05) is 72.9 Å². The fourth-order valence-electron chi connectivity index (χ4n) is 6.71. The van der Waals surface area contributed by atoms with Gasteiger partial charge in [-0.15, -0.1) is 0 Å². The quantitative estimate of drug-likeness (QED) is 0.429. The maximum absolute atomic E-state index is 13.0. The molecule has 4 aliphatic rings. The average Bonchev–Trinajstić information content (AvgIpc) is 2.83. The lowest BCUT2D eigenvalue weighted by atomic mass is 9.48. The summed E-state index contributed by atoms with van der Waals surface area (Å²) < 4.78 is 0. The highest BCUT2D eigenvalue weighted by Gasteiger charge is 2.52. The summed E-state index contributed by atoms with van der Waals surface area (Å²) in [5, 5.41) is 11.5. The first-order valence-corrected chi connectivity index (χ1v) is 12.0. The molecule has 1 amide bonds. The van der Waals surface area contributed by atoms with Crippen LogP contribution in [0, 0.1) is 17.8 Å². The van der Waals surface area contributed by atoms with Crippen LogP contribution in [0.25, 0.3) is 0 Å². The van der Waals surface area contributed by atoms with E-state index in [-0.39, 0.29) is 11.3 Å². The van der Waals surface area contributed by atoms with E-state index in [2.05, 4.69) is 15.5 Å². The molecular weight excluding hydrogens is 408 g/mol. The Morgan fingerprint density at radius 1 is 0.818 bits per heavy atom. The maximum atomic E-state index is 13.0. The molecule has 0 saturated heterocycles. The van der Waals surface area contributed by atoms with Crippen LogP contribution in [0.4, 0.5) is 17.1 Å². The normalized spacial score (nSPS) is 27.7. The van der Waals surface area contributed by atoms with Crippen LogP contribution in [-0.4, -0.2) is 10.9 Å². The van der Waals surface area contributed by atoms with Crippen molar-refractivity contribution >= 4 is 23.0 Å². The second-order valence-corrected chi connectivity index (χ2v) is 10.2. The lowest BCUT2D eigenvalue weighted by Gasteiger charge is -2.56. The molecule has 5 nitrogen and oxygen atoms in total. The van der Waals surface area contributed by atoms with Gasteiger partial charge in [0.05, 0.1) is 11.4 Å². The van der Waals surface area contributed by atoms with Gasteiger partial charge < -0.3 is 5.32 Å². The summed E-state index contributed by atoms with van der Waals surface area (Å²) in [7, 11) is 0. The molecule has 5 heteroatoms. The summed E-state index contributed by atoms with van der Waals surface area (Å²) in [6.45, 7) is 0. The number of rotatable bonds is 5. The maximum Gasteiger partial charge on any atom is 0.255 e. The van der Waals surface area contributed by atoms with Crippen LogP contribution in [0.3, 0.4) is 0 Å². The summed E-state index contributed by atoms with van der Waals surface area (Å²) in [4.78, 5) is 17.8. The molecule has 2 aromatic carbocycles. The number of nitrogens with zero attached hydrogens (tertiary/aromatic N) is 3. The minimum Gasteiger partial charge on any atom is -0.322 e. The Morgan fingerprint density at radius 2 is 1.42 bits per heavy atom. The summed E-state index contributed by atoms with van der Waals surface area (Å²) in [6, 6.07) is 20.9. The van der Waals surface area contributed by atoms with Crippen molar-refractivity contribution in [3.8, 4) is 0 Å². The highest BCUT2D eigenvalue weighted by atomic mass is 16.1. The van der Waals surface area contributed by atoms with E-state index in [4.69, 9.17) is 4.98 Å². The van der Waals surface area contributed by atoms with Crippen LogP contribution < -0.4 is 5.32 Å². The first kappa shape index (κ1) is 20.3. The summed E-state index contributed by atoms with van der Waals surface area (Å²) >= 11 is 0. The second-order valence-electron chi connectivity index (χ2n) is 10.2. The van der Waals surface area contributed by atoms with E-state index in [1.54, 1.807) is 0 Å². The Hall–Kier alpha value is -3.34. The molecule has 4 saturated carbocycles. The molecule has 33 heavy (non-hydrogen) atoms. The Labute approximate surface area is 194 Å². The summed E-state index contributed by atoms with van der Waals surface area (Å²) in [6.07, 6.45) is 9.76. The Morgan fingerprint density at radius 3 is 2.06 bits per heavy atom. The molecule has 3 aromatic rings. The fraction of sp³-hybridized carbons (Fsp3) is 0.357. The zero-order valence-corrected chi connectivity index (χ0v) is 18.7. The third-order valence-corrected chi connectivity index (χ3v) is 7.77. The first-order chi connectivity index (χ1) is 16.1. The van der Waals surface area contributed by atoms with Crippen molar-refractivity contribution in [2.45, 2.75) is 43.9 Å². The van der Waals surface area contributed by atoms with Crippen molar-refractivity contribution in [1.82, 2.24) is 4.98 Å². The highest BCUT2D eigenvalue weighted by molar-refractivity contribution is 6.04. The minimum atomic E-state index is -0.0953. The van der Waals surface area contributed by atoms with Gasteiger partial charge in [-0.05, 0) is 105 Å². The molecule has 7 rings (SSSR count). The van der Waals surface area contributed by atoms with Crippen LogP contribution in [-0.2, 0) is 5.41 Å². The van der Waals surface area contributed by atoms with Gasteiger partial charge in [0.2, 0.25) is 0 Å². The monoisotopic (exact) mass is 436 g/mol. The molecule has 1 aromatic heterocycles. The molecule has 166 valence electrons. The molecular formula is C28H28N4O. The van der Waals surface area contributed by atoms with E-state index in [0.29, 0.717) is 5.56 Å². The van der Waals surface area contributed by atoms with Gasteiger partial charge in [0.15, 0.2) is 0 Å². The van der Waals surface area contributed by atoms with Gasteiger partial charge in [0.1, 0.15) is 0 Å². The van der Waals surface area contributed by atoms with Crippen molar-refractivity contribution in [3.05, 3.63) is 84.2 Å². The van der Waals surface area contributed by atoms with E-state index in [9.17, 15) is 4.79 Å². The fourth-order valence-corrected chi connectivity index (χ4v) is 6.71. The van der Waals surface area contributed by atoms with Gasteiger partial charge in [-0.3, -0.25) is 9.78 Å². The SMILES string of the molecule is O=C(Nc1ccc(N=Nc2ccccc2)cc1)c1ccnc(C23CC4CC(CC(C4)C2)C3)c1. The number of azo groups is 1. The molecule has 1 N–H and O–H groups in total. The molecule has 4 bridgehead atoms. The molecule has 0 radical (unpaired) electrons. The number of aromatic nitrogens is 1. The van der Waals surface area contributed by atoms with Crippen molar-refractivity contribution in [2.24, 2.45) is 28.0 Å². The number of pyridine rings is 1. The van der Waals surface area contributed by atoms with E-state index < -0.39 is 0 Å². The van der Waals surface area contributed by atoms with Gasteiger partial charge in [-0.1, -0.05) is 18.2 Å². The Kier molecular flexibility index (Phi) is 5.05. The molecule has 0 unspecified atom stereocenters. The molecule has 0 spiro atoms. The first-order valence-electron chi connectivity index (χ1n) is 12.0. The van der Waals surface area contributed by atoms with Crippen LogP contribution in [0.1, 0.15) is 54.6 Å². The number of nitrogens with one attached hydrogen (secondary N) is 1.